The molecule has 0 aliphatic heterocycles. The van der Waals surface area contributed by atoms with E-state index in [1.54, 1.807) is 0 Å². The summed E-state index contributed by atoms with van der Waals surface area (Å²) in [6, 6.07) is 51.8. The van der Waals surface area contributed by atoms with Gasteiger partial charge in [-0.3, -0.25) is 0 Å². The highest BCUT2D eigenvalue weighted by molar-refractivity contribution is 7.27. The zero-order valence-corrected chi connectivity index (χ0v) is 26.0. The van der Waals surface area contributed by atoms with Gasteiger partial charge in [0.1, 0.15) is 0 Å². The van der Waals surface area contributed by atoms with Crippen molar-refractivity contribution in [1.82, 2.24) is 4.57 Å². The van der Waals surface area contributed by atoms with E-state index in [9.17, 15) is 0 Å². The highest BCUT2D eigenvalue weighted by Crippen LogP contribution is 2.51. The number of para-hydroxylation sites is 2. The third kappa shape index (κ3) is 3.27. The fraction of sp³-hybridized carbons (Fsp3) is 0.0698. The molecule has 0 amide bonds. The van der Waals surface area contributed by atoms with E-state index in [1.165, 1.54) is 91.8 Å². The summed E-state index contributed by atoms with van der Waals surface area (Å²) in [5, 5.41) is 7.96. The van der Waals surface area contributed by atoms with Crippen LogP contribution < -0.4 is 0 Å². The van der Waals surface area contributed by atoms with Crippen LogP contribution in [0.4, 0.5) is 0 Å². The molecule has 0 bridgehead atoms. The van der Waals surface area contributed by atoms with E-state index >= 15 is 0 Å². The summed E-state index contributed by atoms with van der Waals surface area (Å²) in [6.45, 7) is 4.73. The van der Waals surface area contributed by atoms with Gasteiger partial charge in [-0.25, -0.2) is 0 Å². The van der Waals surface area contributed by atoms with Crippen molar-refractivity contribution in [2.75, 3.05) is 0 Å². The molecule has 2 heteroatoms. The second-order valence-corrected chi connectivity index (χ2v) is 13.9. The van der Waals surface area contributed by atoms with Crippen LogP contribution >= 0.6 is 11.3 Å². The number of benzene rings is 7. The second-order valence-electron chi connectivity index (χ2n) is 12.9. The lowest BCUT2D eigenvalue weighted by Gasteiger charge is -2.22. The van der Waals surface area contributed by atoms with E-state index in [0.29, 0.717) is 0 Å². The number of thiophene rings is 1. The lowest BCUT2D eigenvalue weighted by Crippen LogP contribution is -2.14. The van der Waals surface area contributed by atoms with Gasteiger partial charge in [0.15, 0.2) is 0 Å². The van der Waals surface area contributed by atoms with Crippen LogP contribution in [-0.4, -0.2) is 4.57 Å². The summed E-state index contributed by atoms with van der Waals surface area (Å²) >= 11 is 1.92. The minimum absolute atomic E-state index is 0.0497. The first-order chi connectivity index (χ1) is 22.1. The molecule has 0 unspecified atom stereocenters. The van der Waals surface area contributed by atoms with Crippen molar-refractivity contribution < 1.29 is 0 Å². The molecule has 45 heavy (non-hydrogen) atoms. The van der Waals surface area contributed by atoms with Crippen molar-refractivity contribution in [1.29, 1.82) is 0 Å². The molecule has 0 saturated carbocycles. The molecule has 2 aromatic heterocycles. The Kier molecular flexibility index (Phi) is 5.00. The number of fused-ring (bicyclic) bond motifs is 13. The fourth-order valence-electron chi connectivity index (χ4n) is 8.16. The van der Waals surface area contributed by atoms with Crippen molar-refractivity contribution in [2.45, 2.75) is 19.3 Å². The Morgan fingerprint density at radius 1 is 0.511 bits per heavy atom. The third-order valence-corrected chi connectivity index (χ3v) is 11.4. The van der Waals surface area contributed by atoms with Crippen LogP contribution in [0.3, 0.4) is 0 Å². The molecule has 1 aliphatic carbocycles. The van der Waals surface area contributed by atoms with Gasteiger partial charge in [-0.1, -0.05) is 129 Å². The largest absolute Gasteiger partial charge is 0.307 e. The number of nitrogens with zero attached hydrogens (tertiary/aromatic N) is 1. The third-order valence-electron chi connectivity index (χ3n) is 10.2. The normalized spacial score (nSPS) is 13.7. The molecule has 10 rings (SSSR count). The molecule has 0 N–H and O–H groups in total. The molecule has 1 aliphatic rings. The lowest BCUT2D eigenvalue weighted by molar-refractivity contribution is 0.660. The van der Waals surface area contributed by atoms with Crippen LogP contribution in [0.5, 0.6) is 0 Å². The van der Waals surface area contributed by atoms with Gasteiger partial charge < -0.3 is 4.57 Å². The number of aromatic nitrogens is 1. The summed E-state index contributed by atoms with van der Waals surface area (Å²) in [7, 11) is 0. The van der Waals surface area contributed by atoms with Crippen LogP contribution in [0.25, 0.3) is 80.7 Å². The van der Waals surface area contributed by atoms with Gasteiger partial charge in [0, 0.05) is 37.2 Å². The summed E-state index contributed by atoms with van der Waals surface area (Å²) in [5.41, 5.74) is 11.7. The monoisotopic (exact) mass is 591 g/mol. The van der Waals surface area contributed by atoms with Crippen LogP contribution in [0.2, 0.25) is 0 Å². The van der Waals surface area contributed by atoms with E-state index in [2.05, 4.69) is 158 Å². The molecule has 9 aromatic rings. The molecule has 0 atom stereocenters. The van der Waals surface area contributed by atoms with E-state index < -0.39 is 0 Å². The van der Waals surface area contributed by atoms with E-state index in [1.807, 2.05) is 11.3 Å². The average Bonchev–Trinajstić information content (AvgIpc) is 3.71. The van der Waals surface area contributed by atoms with E-state index in [0.717, 1.165) is 0 Å². The summed E-state index contributed by atoms with van der Waals surface area (Å²) in [6.07, 6.45) is 0. The second kappa shape index (κ2) is 8.94. The maximum atomic E-state index is 2.55. The lowest BCUT2D eigenvalue weighted by atomic mass is 9.81. The van der Waals surface area contributed by atoms with Gasteiger partial charge in [-0.15, -0.1) is 11.3 Å². The van der Waals surface area contributed by atoms with E-state index in [-0.39, 0.29) is 5.41 Å². The first-order valence-corrected chi connectivity index (χ1v) is 16.5. The Balaban J connectivity index is 1.34. The van der Waals surface area contributed by atoms with Crippen LogP contribution in [0.1, 0.15) is 25.0 Å². The van der Waals surface area contributed by atoms with Gasteiger partial charge in [0.25, 0.3) is 0 Å². The minimum Gasteiger partial charge on any atom is -0.307 e. The molecule has 212 valence electrons. The van der Waals surface area contributed by atoms with Gasteiger partial charge in [-0.2, -0.15) is 0 Å². The van der Waals surface area contributed by atoms with E-state index in [4.69, 9.17) is 0 Å². The smallest absolute Gasteiger partial charge is 0.0726 e. The minimum atomic E-state index is -0.0497. The first kappa shape index (κ1) is 25.2. The van der Waals surface area contributed by atoms with Crippen molar-refractivity contribution in [3.8, 4) is 27.9 Å². The van der Waals surface area contributed by atoms with Crippen molar-refractivity contribution in [3.05, 3.63) is 151 Å². The first-order valence-electron chi connectivity index (χ1n) is 15.7. The summed E-state index contributed by atoms with van der Waals surface area (Å²) < 4.78 is 5.23. The molecule has 7 aromatic carbocycles. The SMILES string of the molecule is CC1(C)c2ccccc2-c2ccc(-c3ccccc3-n3c4ccccc4c4c5ccccc5c5c6ccccc6sc5c43)cc21. The van der Waals surface area contributed by atoms with Gasteiger partial charge in [0.2, 0.25) is 0 Å². The molecule has 0 saturated heterocycles. The van der Waals surface area contributed by atoms with Crippen LogP contribution in [0, 0.1) is 0 Å². The predicted molar refractivity (Wildman–Crippen MR) is 194 cm³/mol. The summed E-state index contributed by atoms with van der Waals surface area (Å²) in [4.78, 5) is 0. The molecule has 2 heterocycles. The van der Waals surface area contributed by atoms with Crippen LogP contribution in [-0.2, 0) is 5.41 Å². The molecule has 0 radical (unpaired) electrons. The molecule has 0 fully saturated rings. The summed E-state index contributed by atoms with van der Waals surface area (Å²) in [5.74, 6) is 0. The molecule has 0 spiro atoms. The quantitative estimate of drug-likeness (QED) is 0.188. The topological polar surface area (TPSA) is 4.93 Å². The highest BCUT2D eigenvalue weighted by atomic mass is 32.1. The molecular weight excluding hydrogens is 563 g/mol. The zero-order valence-electron chi connectivity index (χ0n) is 25.1. The molecular formula is C43H29NS. The molecule has 1 nitrogen and oxygen atoms in total. The van der Waals surface area contributed by atoms with Crippen LogP contribution in [0.15, 0.2) is 140 Å². The van der Waals surface area contributed by atoms with Gasteiger partial charge >= 0.3 is 0 Å². The van der Waals surface area contributed by atoms with Gasteiger partial charge in [-0.05, 0) is 62.9 Å². The average molecular weight is 592 g/mol. The number of hydrogen-bond acceptors (Lipinski definition) is 1. The van der Waals surface area contributed by atoms with Gasteiger partial charge in [0.05, 0.1) is 21.4 Å². The zero-order chi connectivity index (χ0) is 29.9. The van der Waals surface area contributed by atoms with Crippen molar-refractivity contribution >= 4 is 64.1 Å². The Hall–Kier alpha value is -5.18. The van der Waals surface area contributed by atoms with Crippen molar-refractivity contribution in [2.24, 2.45) is 0 Å². The standard InChI is InChI=1S/C43H29NS/c1-43(2)34-19-9-5-14-28(34)29-24-23-26(25-35(29)43)27-13-6-10-20-36(27)44-37-21-11-7-17-32(37)39-30-15-3-4-16-31(30)40-33-18-8-12-22-38(33)45-42(40)41(39)44/h3-25H,1-2H3. The highest BCUT2D eigenvalue weighted by Gasteiger charge is 2.35. The maximum Gasteiger partial charge on any atom is 0.0726 e. The Morgan fingerprint density at radius 3 is 1.98 bits per heavy atom. The number of rotatable bonds is 2. The Morgan fingerprint density at radius 2 is 1.13 bits per heavy atom. The maximum absolute atomic E-state index is 2.55. The Labute approximate surface area is 265 Å². The predicted octanol–water partition coefficient (Wildman–Crippen LogP) is 12.3. The fourth-order valence-corrected chi connectivity index (χ4v) is 9.42. The number of hydrogen-bond donors (Lipinski definition) is 0. The Bertz CT molecular complexity index is 2680. The van der Waals surface area contributed by atoms with Crippen molar-refractivity contribution in [3.63, 3.8) is 0 Å².